The second kappa shape index (κ2) is 6.90. The first-order valence-corrected chi connectivity index (χ1v) is 7.40. The molecule has 1 atom stereocenters. The number of hydrogen-bond donors (Lipinski definition) is 1. The zero-order chi connectivity index (χ0) is 13.7. The Balaban J connectivity index is 2.01. The molecule has 1 saturated carbocycles. The summed E-state index contributed by atoms with van der Waals surface area (Å²) in [5.74, 6) is 0.485. The lowest BCUT2D eigenvalue weighted by molar-refractivity contribution is 0.154. The summed E-state index contributed by atoms with van der Waals surface area (Å²) < 4.78 is 19.9. The van der Waals surface area contributed by atoms with Gasteiger partial charge >= 0.3 is 0 Å². The molecule has 0 aliphatic heterocycles. The second-order valence-corrected chi connectivity index (χ2v) is 5.34. The molecule has 1 aliphatic rings. The van der Waals surface area contributed by atoms with Crippen molar-refractivity contribution in [1.29, 1.82) is 0 Å². The van der Waals surface area contributed by atoms with Gasteiger partial charge in [0.2, 0.25) is 0 Å². The topological polar surface area (TPSA) is 21.3 Å². The highest BCUT2D eigenvalue weighted by Gasteiger charge is 2.16. The van der Waals surface area contributed by atoms with Gasteiger partial charge in [-0.25, -0.2) is 4.39 Å². The lowest BCUT2D eigenvalue weighted by Crippen LogP contribution is -2.20. The normalized spacial score (nSPS) is 18.3. The van der Waals surface area contributed by atoms with Crippen LogP contribution in [0.3, 0.4) is 0 Å². The van der Waals surface area contributed by atoms with E-state index in [9.17, 15) is 4.39 Å². The number of halogens is 1. The van der Waals surface area contributed by atoms with E-state index in [1.807, 2.05) is 26.0 Å². The average Bonchev–Trinajstić information content (AvgIpc) is 2.40. The molecule has 1 N–H and O–H groups in total. The first-order valence-electron chi connectivity index (χ1n) is 7.40. The van der Waals surface area contributed by atoms with Crippen molar-refractivity contribution in [1.82, 2.24) is 5.32 Å². The molecule has 3 heteroatoms. The van der Waals surface area contributed by atoms with Crippen LogP contribution in [0, 0.1) is 5.82 Å². The third kappa shape index (κ3) is 3.93. The number of rotatable bonds is 5. The van der Waals surface area contributed by atoms with Crippen molar-refractivity contribution in [2.75, 3.05) is 6.54 Å². The van der Waals surface area contributed by atoms with Crippen LogP contribution < -0.4 is 10.1 Å². The van der Waals surface area contributed by atoms with E-state index < -0.39 is 0 Å². The Kier molecular flexibility index (Phi) is 5.20. The Bertz CT molecular complexity index is 402. The molecule has 0 heterocycles. The second-order valence-electron chi connectivity index (χ2n) is 5.34. The van der Waals surface area contributed by atoms with E-state index in [0.717, 1.165) is 19.4 Å². The molecule has 0 bridgehead atoms. The minimum absolute atomic E-state index is 0.0359. The molecule has 106 valence electrons. The van der Waals surface area contributed by atoms with Gasteiger partial charge in [0, 0.05) is 17.7 Å². The quantitative estimate of drug-likeness (QED) is 0.861. The number of nitrogens with one attached hydrogen (secondary N) is 1. The first kappa shape index (κ1) is 14.3. The largest absolute Gasteiger partial charge is 0.490 e. The zero-order valence-corrected chi connectivity index (χ0v) is 11.9. The lowest BCUT2D eigenvalue weighted by atomic mass is 9.98. The highest BCUT2D eigenvalue weighted by molar-refractivity contribution is 5.30. The van der Waals surface area contributed by atoms with Crippen LogP contribution in [0.5, 0.6) is 5.75 Å². The van der Waals surface area contributed by atoms with Crippen LogP contribution in [0.4, 0.5) is 4.39 Å². The molecule has 2 rings (SSSR count). The average molecular weight is 265 g/mol. The first-order chi connectivity index (χ1) is 9.20. The van der Waals surface area contributed by atoms with Gasteiger partial charge in [-0.05, 0) is 45.2 Å². The van der Waals surface area contributed by atoms with Crippen LogP contribution in [-0.2, 0) is 0 Å². The molecular weight excluding hydrogens is 241 g/mol. The van der Waals surface area contributed by atoms with E-state index in [0.29, 0.717) is 11.3 Å². The molecule has 0 aromatic heterocycles. The van der Waals surface area contributed by atoms with Crippen molar-refractivity contribution >= 4 is 0 Å². The fraction of sp³-hybridized carbons (Fsp3) is 0.625. The summed E-state index contributed by atoms with van der Waals surface area (Å²) in [4.78, 5) is 0. The van der Waals surface area contributed by atoms with Crippen molar-refractivity contribution in [3.05, 3.63) is 29.6 Å². The van der Waals surface area contributed by atoms with Gasteiger partial charge in [0.1, 0.15) is 11.6 Å². The molecular formula is C16H24FNO. The van der Waals surface area contributed by atoms with Gasteiger partial charge < -0.3 is 10.1 Å². The van der Waals surface area contributed by atoms with Gasteiger partial charge in [0.05, 0.1) is 6.10 Å². The molecule has 0 radical (unpaired) electrons. The molecule has 1 aliphatic carbocycles. The van der Waals surface area contributed by atoms with Crippen molar-refractivity contribution in [2.24, 2.45) is 0 Å². The molecule has 0 saturated heterocycles. The van der Waals surface area contributed by atoms with Crippen molar-refractivity contribution in [3.63, 3.8) is 0 Å². The molecule has 0 spiro atoms. The highest BCUT2D eigenvalue weighted by Crippen LogP contribution is 2.26. The Morgan fingerprint density at radius 2 is 2.05 bits per heavy atom. The Hall–Kier alpha value is -1.09. The maximum atomic E-state index is 14.1. The molecule has 19 heavy (non-hydrogen) atoms. The minimum atomic E-state index is -0.179. The fourth-order valence-corrected chi connectivity index (χ4v) is 2.72. The lowest BCUT2D eigenvalue weighted by Gasteiger charge is -2.23. The molecule has 2 nitrogen and oxygen atoms in total. The van der Waals surface area contributed by atoms with Gasteiger partial charge in [-0.2, -0.15) is 0 Å². The summed E-state index contributed by atoms with van der Waals surface area (Å²) >= 11 is 0. The molecule has 1 fully saturated rings. The maximum Gasteiger partial charge on any atom is 0.131 e. The monoisotopic (exact) mass is 265 g/mol. The van der Waals surface area contributed by atoms with Gasteiger partial charge in [-0.1, -0.05) is 19.4 Å². The number of benzene rings is 1. The highest BCUT2D eigenvalue weighted by atomic mass is 19.1. The van der Waals surface area contributed by atoms with E-state index >= 15 is 0 Å². The van der Waals surface area contributed by atoms with Crippen LogP contribution in [0.15, 0.2) is 18.2 Å². The number of ether oxygens (including phenoxy) is 1. The van der Waals surface area contributed by atoms with E-state index in [4.69, 9.17) is 4.74 Å². The summed E-state index contributed by atoms with van der Waals surface area (Å²) in [5, 5.41) is 3.22. The summed E-state index contributed by atoms with van der Waals surface area (Å²) in [6.45, 7) is 4.83. The molecule has 1 aromatic rings. The standard InChI is InChI=1S/C16H24FNO/c1-3-18-12(2)15-10-9-14(11-16(15)17)19-13-7-5-4-6-8-13/h9-13,18H,3-8H2,1-2H3. The van der Waals surface area contributed by atoms with E-state index in [1.165, 1.54) is 25.3 Å². The van der Waals surface area contributed by atoms with Crippen molar-refractivity contribution in [3.8, 4) is 5.75 Å². The van der Waals surface area contributed by atoms with Crippen LogP contribution in [0.25, 0.3) is 0 Å². The number of hydrogen-bond acceptors (Lipinski definition) is 2. The molecule has 1 aromatic carbocycles. The Morgan fingerprint density at radius 1 is 1.32 bits per heavy atom. The van der Waals surface area contributed by atoms with E-state index in [2.05, 4.69) is 5.32 Å². The van der Waals surface area contributed by atoms with Gasteiger partial charge in [0.15, 0.2) is 0 Å². The Morgan fingerprint density at radius 3 is 2.68 bits per heavy atom. The summed E-state index contributed by atoms with van der Waals surface area (Å²) in [5.41, 5.74) is 0.706. The Labute approximate surface area is 115 Å². The summed E-state index contributed by atoms with van der Waals surface area (Å²) in [7, 11) is 0. The van der Waals surface area contributed by atoms with Crippen molar-refractivity contribution < 1.29 is 9.13 Å². The third-order valence-corrected chi connectivity index (χ3v) is 3.80. The van der Waals surface area contributed by atoms with E-state index in [1.54, 1.807) is 0 Å². The van der Waals surface area contributed by atoms with Crippen LogP contribution in [-0.4, -0.2) is 12.6 Å². The molecule has 0 amide bonds. The zero-order valence-electron chi connectivity index (χ0n) is 11.9. The van der Waals surface area contributed by atoms with Crippen LogP contribution >= 0.6 is 0 Å². The smallest absolute Gasteiger partial charge is 0.131 e. The maximum absolute atomic E-state index is 14.1. The summed E-state index contributed by atoms with van der Waals surface area (Å²) in [6.07, 6.45) is 6.21. The van der Waals surface area contributed by atoms with Crippen LogP contribution in [0.1, 0.15) is 57.6 Å². The van der Waals surface area contributed by atoms with Crippen molar-refractivity contribution in [2.45, 2.75) is 58.1 Å². The van der Waals surface area contributed by atoms with E-state index in [-0.39, 0.29) is 18.0 Å². The van der Waals surface area contributed by atoms with Gasteiger partial charge in [0.25, 0.3) is 0 Å². The predicted molar refractivity (Wildman–Crippen MR) is 76.0 cm³/mol. The summed E-state index contributed by atoms with van der Waals surface area (Å²) in [6, 6.07) is 5.29. The van der Waals surface area contributed by atoms with Gasteiger partial charge in [-0.3, -0.25) is 0 Å². The fourth-order valence-electron chi connectivity index (χ4n) is 2.72. The third-order valence-electron chi connectivity index (χ3n) is 3.80. The van der Waals surface area contributed by atoms with Crippen LogP contribution in [0.2, 0.25) is 0 Å². The predicted octanol–water partition coefficient (Wildman–Crippen LogP) is 4.21. The molecule has 1 unspecified atom stereocenters. The minimum Gasteiger partial charge on any atom is -0.490 e. The SMILES string of the molecule is CCNC(C)c1ccc(OC2CCCCC2)cc1F. The van der Waals surface area contributed by atoms with Gasteiger partial charge in [-0.15, -0.1) is 0 Å².